The molecule has 0 heterocycles. The van der Waals surface area contributed by atoms with Crippen LogP contribution in [0.2, 0.25) is 0 Å². The quantitative estimate of drug-likeness (QED) is 0.904. The number of ether oxygens (including phenoxy) is 1. The molecule has 0 spiro atoms. The van der Waals surface area contributed by atoms with Gasteiger partial charge in [0.05, 0.1) is 4.47 Å². The van der Waals surface area contributed by atoms with E-state index in [4.69, 9.17) is 10.5 Å². The summed E-state index contributed by atoms with van der Waals surface area (Å²) >= 11 is 3.22. The van der Waals surface area contributed by atoms with Crippen LogP contribution in [0.5, 0.6) is 5.75 Å². The predicted octanol–water partition coefficient (Wildman–Crippen LogP) is 4.19. The Morgan fingerprint density at radius 3 is 2.45 bits per heavy atom. The van der Waals surface area contributed by atoms with E-state index in [-0.39, 0.29) is 11.6 Å². The largest absolute Gasteiger partial charge is 0.483 e. The highest BCUT2D eigenvalue weighted by atomic mass is 79.9. The van der Waals surface area contributed by atoms with Gasteiger partial charge in [-0.05, 0) is 47.1 Å². The molecule has 2 rings (SSSR count). The Morgan fingerprint density at radius 2 is 1.85 bits per heavy atom. The minimum atomic E-state index is -0.655. The normalized spacial score (nSPS) is 13.8. The van der Waals surface area contributed by atoms with Gasteiger partial charge in [-0.15, -0.1) is 0 Å². The molecule has 2 N–H and O–H groups in total. The van der Waals surface area contributed by atoms with Gasteiger partial charge in [0.15, 0.2) is 0 Å². The van der Waals surface area contributed by atoms with E-state index in [1.54, 1.807) is 25.1 Å². The van der Waals surface area contributed by atoms with Crippen molar-refractivity contribution >= 4 is 15.9 Å². The van der Waals surface area contributed by atoms with Crippen molar-refractivity contribution in [1.29, 1.82) is 0 Å². The first-order valence-electron chi connectivity index (χ1n) is 6.10. The molecule has 2 aromatic carbocycles. The summed E-state index contributed by atoms with van der Waals surface area (Å²) in [4.78, 5) is 0. The number of halogens is 3. The maximum atomic E-state index is 13.9. The molecule has 0 aliphatic rings. The zero-order chi connectivity index (χ0) is 14.7. The van der Waals surface area contributed by atoms with Crippen LogP contribution in [0.4, 0.5) is 8.78 Å². The molecular weight excluding hydrogens is 328 g/mol. The molecular formula is C15H14BrF2NO. The van der Waals surface area contributed by atoms with Crippen LogP contribution in [0.1, 0.15) is 18.6 Å². The molecule has 106 valence electrons. The number of hydrogen-bond acceptors (Lipinski definition) is 2. The Labute approximate surface area is 124 Å². The van der Waals surface area contributed by atoms with Crippen LogP contribution in [0.3, 0.4) is 0 Å². The molecule has 0 aliphatic carbocycles. The van der Waals surface area contributed by atoms with Crippen LogP contribution in [0, 0.1) is 11.6 Å². The van der Waals surface area contributed by atoms with Crippen molar-refractivity contribution < 1.29 is 13.5 Å². The molecule has 2 nitrogen and oxygen atoms in total. The summed E-state index contributed by atoms with van der Waals surface area (Å²) in [6, 6.07) is 9.92. The highest BCUT2D eigenvalue weighted by Crippen LogP contribution is 2.31. The maximum absolute atomic E-state index is 13.9. The minimum absolute atomic E-state index is 0.374. The summed E-state index contributed by atoms with van der Waals surface area (Å²) in [6.07, 6.45) is -0.655. The van der Waals surface area contributed by atoms with E-state index in [0.717, 1.165) is 0 Å². The first-order chi connectivity index (χ1) is 9.49. The topological polar surface area (TPSA) is 35.2 Å². The third-order valence-corrected chi connectivity index (χ3v) is 3.46. The molecule has 5 heteroatoms. The number of hydrogen-bond donors (Lipinski definition) is 1. The van der Waals surface area contributed by atoms with Crippen LogP contribution < -0.4 is 10.5 Å². The van der Waals surface area contributed by atoms with Gasteiger partial charge >= 0.3 is 0 Å². The summed E-state index contributed by atoms with van der Waals surface area (Å²) in [7, 11) is 0. The molecule has 0 saturated carbocycles. The van der Waals surface area contributed by atoms with Gasteiger partial charge in [-0.3, -0.25) is 0 Å². The number of rotatable bonds is 4. The fourth-order valence-electron chi connectivity index (χ4n) is 1.87. The number of benzene rings is 2. The van der Waals surface area contributed by atoms with E-state index in [1.807, 2.05) is 0 Å². The average molecular weight is 342 g/mol. The Bertz CT molecular complexity index is 604. The van der Waals surface area contributed by atoms with Crippen molar-refractivity contribution in [2.45, 2.75) is 19.1 Å². The smallest absolute Gasteiger partial charge is 0.141 e. The Balaban J connectivity index is 2.33. The highest BCUT2D eigenvalue weighted by Gasteiger charge is 2.22. The second kappa shape index (κ2) is 6.33. The van der Waals surface area contributed by atoms with Crippen molar-refractivity contribution in [3.8, 4) is 5.75 Å². The Morgan fingerprint density at radius 1 is 1.15 bits per heavy atom. The third-order valence-electron chi connectivity index (χ3n) is 2.84. The van der Waals surface area contributed by atoms with Gasteiger partial charge in [0.1, 0.15) is 23.5 Å². The molecule has 0 aliphatic heterocycles. The molecule has 0 aromatic heterocycles. The lowest BCUT2D eigenvalue weighted by Crippen LogP contribution is -2.29. The monoisotopic (exact) mass is 341 g/mol. The van der Waals surface area contributed by atoms with Crippen LogP contribution in [-0.2, 0) is 0 Å². The fourth-order valence-corrected chi connectivity index (χ4v) is 2.31. The SMILES string of the molecule is CC(N)C(Oc1ccc(F)cc1Br)c1ccccc1F. The highest BCUT2D eigenvalue weighted by molar-refractivity contribution is 9.10. The van der Waals surface area contributed by atoms with Gasteiger partial charge in [-0.1, -0.05) is 18.2 Å². The third kappa shape index (κ3) is 3.35. The van der Waals surface area contributed by atoms with Gasteiger partial charge < -0.3 is 10.5 Å². The van der Waals surface area contributed by atoms with Crippen LogP contribution in [-0.4, -0.2) is 6.04 Å². The summed E-state index contributed by atoms with van der Waals surface area (Å²) in [5.41, 5.74) is 6.26. The van der Waals surface area contributed by atoms with Crippen molar-refractivity contribution in [1.82, 2.24) is 0 Å². The van der Waals surface area contributed by atoms with Gasteiger partial charge in [0.25, 0.3) is 0 Å². The Hall–Kier alpha value is -1.46. The van der Waals surface area contributed by atoms with E-state index in [2.05, 4.69) is 15.9 Å². The molecule has 0 radical (unpaired) electrons. The molecule has 0 bridgehead atoms. The first kappa shape index (κ1) is 14.9. The molecule has 0 amide bonds. The van der Waals surface area contributed by atoms with E-state index in [9.17, 15) is 8.78 Å². The van der Waals surface area contributed by atoms with Crippen LogP contribution >= 0.6 is 15.9 Å². The summed E-state index contributed by atoms with van der Waals surface area (Å²) in [5, 5.41) is 0. The van der Waals surface area contributed by atoms with E-state index >= 15 is 0 Å². The summed E-state index contributed by atoms with van der Waals surface area (Å²) in [5.74, 6) is -0.350. The second-order valence-electron chi connectivity index (χ2n) is 4.49. The zero-order valence-electron chi connectivity index (χ0n) is 10.8. The average Bonchev–Trinajstić information content (AvgIpc) is 2.39. The van der Waals surface area contributed by atoms with Crippen LogP contribution in [0.25, 0.3) is 0 Å². The Kier molecular flexibility index (Phi) is 4.73. The zero-order valence-corrected chi connectivity index (χ0v) is 12.4. The lowest BCUT2D eigenvalue weighted by atomic mass is 10.0. The lowest BCUT2D eigenvalue weighted by molar-refractivity contribution is 0.174. The maximum Gasteiger partial charge on any atom is 0.141 e. The predicted molar refractivity (Wildman–Crippen MR) is 77.5 cm³/mol. The van der Waals surface area contributed by atoms with Gasteiger partial charge in [-0.2, -0.15) is 0 Å². The van der Waals surface area contributed by atoms with Crippen molar-refractivity contribution in [3.05, 3.63) is 64.1 Å². The molecule has 0 saturated heterocycles. The number of nitrogens with two attached hydrogens (primary N) is 1. The molecule has 20 heavy (non-hydrogen) atoms. The summed E-state index contributed by atoms with van der Waals surface area (Å²) < 4.78 is 33.1. The van der Waals surface area contributed by atoms with E-state index < -0.39 is 12.1 Å². The van der Waals surface area contributed by atoms with E-state index in [0.29, 0.717) is 15.8 Å². The molecule has 2 atom stereocenters. The van der Waals surface area contributed by atoms with Crippen molar-refractivity contribution in [2.24, 2.45) is 5.73 Å². The van der Waals surface area contributed by atoms with Gasteiger partial charge in [0, 0.05) is 11.6 Å². The van der Waals surface area contributed by atoms with E-state index in [1.165, 1.54) is 24.3 Å². The second-order valence-corrected chi connectivity index (χ2v) is 5.35. The molecule has 2 unspecified atom stereocenters. The van der Waals surface area contributed by atoms with Crippen molar-refractivity contribution in [2.75, 3.05) is 0 Å². The summed E-state index contributed by atoms with van der Waals surface area (Å²) in [6.45, 7) is 1.73. The van der Waals surface area contributed by atoms with Gasteiger partial charge in [0.2, 0.25) is 0 Å². The van der Waals surface area contributed by atoms with Gasteiger partial charge in [-0.25, -0.2) is 8.78 Å². The molecule has 2 aromatic rings. The van der Waals surface area contributed by atoms with Crippen LogP contribution in [0.15, 0.2) is 46.9 Å². The standard InChI is InChI=1S/C15H14BrF2NO/c1-9(19)15(11-4-2-3-5-13(11)18)20-14-7-6-10(17)8-12(14)16/h2-9,15H,19H2,1H3. The minimum Gasteiger partial charge on any atom is -0.483 e. The molecule has 0 fully saturated rings. The fraction of sp³-hybridized carbons (Fsp3) is 0.200. The first-order valence-corrected chi connectivity index (χ1v) is 6.90. The lowest BCUT2D eigenvalue weighted by Gasteiger charge is -2.24. The van der Waals surface area contributed by atoms with Crippen molar-refractivity contribution in [3.63, 3.8) is 0 Å².